The molecule has 10 nitrogen and oxygen atoms in total. The van der Waals surface area contributed by atoms with Gasteiger partial charge in [-0.1, -0.05) is 169 Å². The van der Waals surface area contributed by atoms with Crippen molar-refractivity contribution >= 4 is 23.8 Å². The average molecular weight is 921 g/mol. The van der Waals surface area contributed by atoms with Gasteiger partial charge in [-0.2, -0.15) is 0 Å². The Hall–Kier alpha value is -2.20. The van der Waals surface area contributed by atoms with Crippen LogP contribution in [0.15, 0.2) is 0 Å². The second kappa shape index (κ2) is 48.3. The Balaban J connectivity index is 4.37. The van der Waals surface area contributed by atoms with E-state index < -0.39 is 0 Å². The van der Waals surface area contributed by atoms with Gasteiger partial charge in [-0.15, -0.1) is 0 Å². The summed E-state index contributed by atoms with van der Waals surface area (Å²) < 4.78 is 11.5. The van der Waals surface area contributed by atoms with Crippen LogP contribution in [0.25, 0.3) is 0 Å². The van der Waals surface area contributed by atoms with Gasteiger partial charge in [0.2, 0.25) is 11.8 Å². The van der Waals surface area contributed by atoms with E-state index in [2.05, 4.69) is 62.2 Å². The fourth-order valence-electron chi connectivity index (χ4n) is 8.57. The molecule has 0 aliphatic rings. The Bertz CT molecular complexity index is 1010. The van der Waals surface area contributed by atoms with E-state index in [0.29, 0.717) is 76.9 Å². The lowest BCUT2D eigenvalue weighted by atomic mass is 9.95. The second-order valence-corrected chi connectivity index (χ2v) is 19.7. The molecule has 0 aromatic rings. The molecule has 0 aliphatic carbocycles. The molecule has 0 aromatic carbocycles. The first kappa shape index (κ1) is 62.8. The predicted molar refractivity (Wildman–Crippen MR) is 274 cm³/mol. The van der Waals surface area contributed by atoms with Gasteiger partial charge in [-0.3, -0.25) is 19.2 Å². The van der Waals surface area contributed by atoms with Crippen LogP contribution in [0.5, 0.6) is 0 Å². The fourth-order valence-corrected chi connectivity index (χ4v) is 8.57. The number of hydrogen-bond donors (Lipinski definition) is 2. The molecule has 0 heterocycles. The largest absolute Gasteiger partial charge is 0.465 e. The second-order valence-electron chi connectivity index (χ2n) is 19.7. The van der Waals surface area contributed by atoms with Crippen molar-refractivity contribution in [3.8, 4) is 0 Å². The van der Waals surface area contributed by atoms with Gasteiger partial charge >= 0.3 is 11.9 Å². The fraction of sp³-hybridized carbons (Fsp3) is 0.927. The molecule has 384 valence electrons. The molecule has 2 amide bonds. The van der Waals surface area contributed by atoms with Crippen LogP contribution >= 0.6 is 0 Å². The molecule has 0 fully saturated rings. The Labute approximate surface area is 402 Å². The van der Waals surface area contributed by atoms with E-state index in [1.165, 1.54) is 128 Å². The first-order valence-electron chi connectivity index (χ1n) is 27.9. The minimum Gasteiger partial charge on any atom is -0.465 e. The molecule has 0 saturated heterocycles. The first-order chi connectivity index (χ1) is 31.6. The molecule has 2 N–H and O–H groups in total. The lowest BCUT2D eigenvalue weighted by molar-refractivity contribution is -0.146. The highest BCUT2D eigenvalue weighted by Crippen LogP contribution is 2.21. The predicted octanol–water partition coefficient (Wildman–Crippen LogP) is 13.1. The van der Waals surface area contributed by atoms with Crippen molar-refractivity contribution < 1.29 is 28.7 Å². The summed E-state index contributed by atoms with van der Waals surface area (Å²) in [6.45, 7) is 14.4. The summed E-state index contributed by atoms with van der Waals surface area (Å²) in [6.07, 6.45) is 37.9. The van der Waals surface area contributed by atoms with E-state index >= 15 is 0 Å². The SMILES string of the molecule is CCCCCCCCC(CCCCCC)COC(=O)CCCCCNC(=O)CCN(CCCN(C)C)CCC(=O)NCCCCCC(=O)OCC(CCCCCC)CCCCCCCC. The van der Waals surface area contributed by atoms with Crippen molar-refractivity contribution in [3.63, 3.8) is 0 Å². The monoisotopic (exact) mass is 921 g/mol. The highest BCUT2D eigenvalue weighted by Gasteiger charge is 2.15. The van der Waals surface area contributed by atoms with Gasteiger partial charge in [0.1, 0.15) is 0 Å². The number of hydrogen-bond acceptors (Lipinski definition) is 8. The third-order valence-electron chi connectivity index (χ3n) is 13.0. The number of amides is 2. The van der Waals surface area contributed by atoms with Crippen molar-refractivity contribution in [1.29, 1.82) is 0 Å². The molecular weight excluding hydrogens is 813 g/mol. The first-order valence-corrected chi connectivity index (χ1v) is 27.9. The van der Waals surface area contributed by atoms with Gasteiger partial charge < -0.3 is 29.9 Å². The average Bonchev–Trinajstić information content (AvgIpc) is 3.29. The minimum atomic E-state index is -0.0852. The molecule has 0 aromatic heterocycles. The van der Waals surface area contributed by atoms with Crippen LogP contribution in [-0.4, -0.2) is 100 Å². The van der Waals surface area contributed by atoms with Crippen LogP contribution < -0.4 is 10.6 Å². The number of unbranched alkanes of at least 4 members (excludes halogenated alkanes) is 20. The normalized spacial score (nSPS) is 12.4. The molecule has 2 atom stereocenters. The van der Waals surface area contributed by atoms with Gasteiger partial charge in [0, 0.05) is 51.9 Å². The summed E-state index contributed by atoms with van der Waals surface area (Å²) in [5.74, 6) is 0.854. The zero-order valence-electron chi connectivity index (χ0n) is 43.9. The third kappa shape index (κ3) is 45.4. The molecule has 0 aliphatic heterocycles. The van der Waals surface area contributed by atoms with E-state index in [4.69, 9.17) is 9.47 Å². The highest BCUT2D eigenvalue weighted by molar-refractivity contribution is 5.76. The third-order valence-corrected chi connectivity index (χ3v) is 13.0. The van der Waals surface area contributed by atoms with E-state index in [0.717, 1.165) is 83.7 Å². The smallest absolute Gasteiger partial charge is 0.305 e. The van der Waals surface area contributed by atoms with Gasteiger partial charge in [-0.05, 0) is 96.8 Å². The van der Waals surface area contributed by atoms with E-state index in [1.807, 2.05) is 0 Å². The topological polar surface area (TPSA) is 117 Å². The molecule has 0 saturated carbocycles. The number of carbonyl (C=O) groups is 4. The summed E-state index contributed by atoms with van der Waals surface area (Å²) >= 11 is 0. The van der Waals surface area contributed by atoms with Crippen LogP contribution in [0.3, 0.4) is 0 Å². The van der Waals surface area contributed by atoms with Crippen molar-refractivity contribution in [2.75, 3.05) is 66.6 Å². The number of carbonyl (C=O) groups excluding carboxylic acids is 4. The van der Waals surface area contributed by atoms with Crippen LogP contribution in [0.1, 0.15) is 252 Å². The lowest BCUT2D eigenvalue weighted by Gasteiger charge is -2.23. The zero-order valence-corrected chi connectivity index (χ0v) is 43.9. The van der Waals surface area contributed by atoms with Gasteiger partial charge in [-0.25, -0.2) is 0 Å². The molecule has 0 radical (unpaired) electrons. The van der Waals surface area contributed by atoms with Crippen molar-refractivity contribution in [3.05, 3.63) is 0 Å². The Kier molecular flexibility index (Phi) is 46.6. The number of nitrogens with one attached hydrogen (secondary N) is 2. The lowest BCUT2D eigenvalue weighted by Crippen LogP contribution is -2.36. The van der Waals surface area contributed by atoms with Crippen LogP contribution in [0, 0.1) is 11.8 Å². The van der Waals surface area contributed by atoms with Crippen molar-refractivity contribution in [2.45, 2.75) is 252 Å². The molecule has 0 bridgehead atoms. The van der Waals surface area contributed by atoms with E-state index in [-0.39, 0.29) is 23.8 Å². The number of esters is 2. The molecular formula is C55H108N4O6. The maximum absolute atomic E-state index is 12.8. The van der Waals surface area contributed by atoms with Crippen LogP contribution in [-0.2, 0) is 28.7 Å². The molecule has 2 unspecified atom stereocenters. The molecule has 10 heteroatoms. The van der Waals surface area contributed by atoms with Gasteiger partial charge in [0.25, 0.3) is 0 Å². The molecule has 65 heavy (non-hydrogen) atoms. The maximum atomic E-state index is 12.8. The summed E-state index contributed by atoms with van der Waals surface area (Å²) in [4.78, 5) is 55.0. The zero-order chi connectivity index (χ0) is 47.9. The minimum absolute atomic E-state index is 0.0288. The van der Waals surface area contributed by atoms with Crippen molar-refractivity contribution in [1.82, 2.24) is 20.4 Å². The maximum Gasteiger partial charge on any atom is 0.305 e. The standard InChI is InChI=1S/C55H108N4O6/c1-7-11-15-19-21-27-36-50(34-25-17-13-9-3)48-64-54(62)38-29-23-31-42-56-52(60)40-46-59(45-33-44-58(5)6)47-41-53(61)57-43-32-24-30-39-55(63)65-49-51(35-26-18-14-10-4)37-28-22-20-16-12-8-2/h50-51H,7-49H2,1-6H3,(H,56,60)(H,57,61). The van der Waals surface area contributed by atoms with E-state index in [1.54, 1.807) is 0 Å². The highest BCUT2D eigenvalue weighted by atomic mass is 16.5. The number of rotatable bonds is 50. The Morgan fingerprint density at radius 2 is 0.723 bits per heavy atom. The van der Waals surface area contributed by atoms with Crippen LogP contribution in [0.2, 0.25) is 0 Å². The molecule has 0 spiro atoms. The summed E-state index contributed by atoms with van der Waals surface area (Å²) in [7, 11) is 4.12. The number of ether oxygens (including phenoxy) is 2. The molecule has 0 rings (SSSR count). The van der Waals surface area contributed by atoms with E-state index in [9.17, 15) is 19.2 Å². The van der Waals surface area contributed by atoms with Crippen molar-refractivity contribution in [2.24, 2.45) is 11.8 Å². The van der Waals surface area contributed by atoms with Crippen LogP contribution in [0.4, 0.5) is 0 Å². The summed E-state index contributed by atoms with van der Waals surface area (Å²) in [5, 5.41) is 6.12. The number of nitrogens with zero attached hydrogens (tertiary/aromatic N) is 2. The Morgan fingerprint density at radius 1 is 0.385 bits per heavy atom. The van der Waals surface area contributed by atoms with Gasteiger partial charge in [0.15, 0.2) is 0 Å². The summed E-state index contributed by atoms with van der Waals surface area (Å²) in [5.41, 5.74) is 0. The van der Waals surface area contributed by atoms with Gasteiger partial charge in [0.05, 0.1) is 13.2 Å². The summed E-state index contributed by atoms with van der Waals surface area (Å²) in [6, 6.07) is 0. The quantitative estimate of drug-likeness (QED) is 0.0458. The Morgan fingerprint density at radius 3 is 1.09 bits per heavy atom.